The Bertz CT molecular complexity index is 3060. The molecule has 3 heteroatoms. The Labute approximate surface area is 272 Å². The van der Waals surface area contributed by atoms with Crippen LogP contribution in [0.4, 0.5) is 0 Å². The minimum atomic E-state index is -0.459. The van der Waals surface area contributed by atoms with Crippen LogP contribution in [-0.2, 0) is 5.41 Å². The minimum absolute atomic E-state index is 0.0487. The van der Waals surface area contributed by atoms with Crippen molar-refractivity contribution in [3.63, 3.8) is 0 Å². The average molecular weight is 614 g/mol. The lowest BCUT2D eigenvalue weighted by Gasteiger charge is -2.30. The maximum atomic E-state index is 14.9. The number of hydrogen-bond acceptors (Lipinski definition) is 2. The average Bonchev–Trinajstić information content (AvgIpc) is 3.84. The van der Waals surface area contributed by atoms with Crippen LogP contribution >= 0.6 is 11.3 Å². The number of rotatable bonds is 0. The predicted molar refractivity (Wildman–Crippen MR) is 197 cm³/mol. The van der Waals surface area contributed by atoms with Crippen LogP contribution in [0.5, 0.6) is 0 Å². The molecule has 2 nitrogen and oxygen atoms in total. The molecular weight excluding hydrogens is 591 g/mol. The Kier molecular flexibility index (Phi) is 4.23. The highest BCUT2D eigenvalue weighted by atomic mass is 32.1. The minimum Gasteiger partial charge on any atom is -0.274 e. The quantitative estimate of drug-likeness (QED) is 0.156. The smallest absolute Gasteiger partial charge is 0.263 e. The van der Waals surface area contributed by atoms with Crippen molar-refractivity contribution in [3.05, 3.63) is 172 Å². The standard InChI is InChI=1S/C44H23NOS/c46-43-29-15-2-1-14-27(29)39-41-31(23-32-26-13-6-10-20-37(26)47-42(32)39)28-21-22-36-38(40(28)45(41)43)30-16-5-9-19-35(30)44(36)33-17-7-3-11-24(33)25-12-4-8-18-34(25)44/h1-23H. The van der Waals surface area contributed by atoms with E-state index in [9.17, 15) is 4.79 Å². The van der Waals surface area contributed by atoms with Crippen molar-refractivity contribution in [2.75, 3.05) is 0 Å². The molecule has 0 aliphatic heterocycles. The Morgan fingerprint density at radius 2 is 1.06 bits per heavy atom. The zero-order valence-corrected chi connectivity index (χ0v) is 25.9. The van der Waals surface area contributed by atoms with Gasteiger partial charge in [0, 0.05) is 47.3 Å². The number of pyridine rings is 1. The Morgan fingerprint density at radius 1 is 0.468 bits per heavy atom. The maximum absolute atomic E-state index is 14.9. The Balaban J connectivity index is 1.37. The summed E-state index contributed by atoms with van der Waals surface area (Å²) < 4.78 is 4.59. The van der Waals surface area contributed by atoms with Crippen LogP contribution in [0.15, 0.2) is 144 Å². The summed E-state index contributed by atoms with van der Waals surface area (Å²) in [7, 11) is 0. The van der Waals surface area contributed by atoms with E-state index in [0.717, 1.165) is 32.6 Å². The SMILES string of the molecule is O=c1c2ccccc2c2c3sc4ccccc4c3cc3c4ccc5c(c4n1c32)-c1ccccc1C51c2ccccc2-c2ccccc21. The molecule has 0 radical (unpaired) electrons. The van der Waals surface area contributed by atoms with Crippen LogP contribution < -0.4 is 5.56 Å². The largest absolute Gasteiger partial charge is 0.274 e. The van der Waals surface area contributed by atoms with Crippen LogP contribution in [0.3, 0.4) is 0 Å². The first kappa shape index (κ1) is 24.5. The Morgan fingerprint density at radius 3 is 1.81 bits per heavy atom. The summed E-state index contributed by atoms with van der Waals surface area (Å²) in [4.78, 5) is 14.9. The molecule has 3 aromatic heterocycles. The summed E-state index contributed by atoms with van der Waals surface area (Å²) in [5.41, 5.74) is 11.7. The van der Waals surface area contributed by atoms with Crippen molar-refractivity contribution in [1.82, 2.24) is 4.40 Å². The molecule has 0 saturated carbocycles. The van der Waals surface area contributed by atoms with Gasteiger partial charge in [-0.25, -0.2) is 0 Å². The lowest BCUT2D eigenvalue weighted by molar-refractivity contribution is 0.794. The molecular formula is C44H23NOS. The topological polar surface area (TPSA) is 21.5 Å². The number of hydrogen-bond donors (Lipinski definition) is 0. The van der Waals surface area contributed by atoms with Gasteiger partial charge in [0.05, 0.1) is 16.4 Å². The fourth-order valence-corrected chi connectivity index (χ4v) is 10.7. The van der Waals surface area contributed by atoms with Crippen molar-refractivity contribution in [3.8, 4) is 22.3 Å². The van der Waals surface area contributed by atoms with Crippen molar-refractivity contribution >= 4 is 69.5 Å². The zero-order chi connectivity index (χ0) is 30.6. The van der Waals surface area contributed by atoms with E-state index >= 15 is 0 Å². The van der Waals surface area contributed by atoms with Gasteiger partial charge in [0.25, 0.3) is 5.56 Å². The molecule has 2 aliphatic carbocycles. The third-order valence-electron chi connectivity index (χ3n) is 11.1. The number of benzene rings is 7. The lowest BCUT2D eigenvalue weighted by atomic mass is 9.70. The molecule has 12 rings (SSSR count). The summed E-state index contributed by atoms with van der Waals surface area (Å²) in [6.07, 6.45) is 0. The normalized spacial score (nSPS) is 14.2. The second-order valence-corrected chi connectivity index (χ2v) is 14.1. The first-order valence-corrected chi connectivity index (χ1v) is 17.0. The lowest BCUT2D eigenvalue weighted by Crippen LogP contribution is -2.25. The van der Waals surface area contributed by atoms with Gasteiger partial charge in [-0.2, -0.15) is 0 Å². The van der Waals surface area contributed by atoms with Crippen molar-refractivity contribution < 1.29 is 0 Å². The second kappa shape index (κ2) is 8.14. The van der Waals surface area contributed by atoms with Gasteiger partial charge in [-0.3, -0.25) is 9.20 Å². The van der Waals surface area contributed by atoms with Crippen LogP contribution in [-0.4, -0.2) is 4.40 Å². The molecule has 47 heavy (non-hydrogen) atoms. The van der Waals surface area contributed by atoms with E-state index in [-0.39, 0.29) is 5.56 Å². The number of thiophene rings is 1. The number of fused-ring (bicyclic) bond motifs is 20. The third-order valence-corrected chi connectivity index (χ3v) is 12.3. The van der Waals surface area contributed by atoms with E-state index in [1.807, 2.05) is 23.5 Å². The molecule has 0 atom stereocenters. The molecule has 3 heterocycles. The van der Waals surface area contributed by atoms with Gasteiger partial charge in [-0.1, -0.05) is 121 Å². The summed E-state index contributed by atoms with van der Waals surface area (Å²) in [6.45, 7) is 0. The van der Waals surface area contributed by atoms with Gasteiger partial charge in [-0.05, 0) is 62.5 Å². The fourth-order valence-electron chi connectivity index (χ4n) is 9.47. The van der Waals surface area contributed by atoms with E-state index in [4.69, 9.17) is 0 Å². The van der Waals surface area contributed by atoms with Crippen molar-refractivity contribution in [2.24, 2.45) is 0 Å². The van der Waals surface area contributed by atoms with Gasteiger partial charge in [0.2, 0.25) is 0 Å². The molecule has 0 N–H and O–H groups in total. The summed E-state index contributed by atoms with van der Waals surface area (Å²) in [6, 6.07) is 50.6. The molecule has 0 fully saturated rings. The van der Waals surface area contributed by atoms with Gasteiger partial charge in [0.1, 0.15) is 0 Å². The summed E-state index contributed by atoms with van der Waals surface area (Å²) >= 11 is 1.83. The summed E-state index contributed by atoms with van der Waals surface area (Å²) in [5.74, 6) is 0. The van der Waals surface area contributed by atoms with Gasteiger partial charge >= 0.3 is 0 Å². The highest BCUT2D eigenvalue weighted by Gasteiger charge is 2.52. The molecule has 216 valence electrons. The number of nitrogens with zero attached hydrogens (tertiary/aromatic N) is 1. The second-order valence-electron chi connectivity index (χ2n) is 13.1. The van der Waals surface area contributed by atoms with Gasteiger partial charge in [0.15, 0.2) is 0 Å². The van der Waals surface area contributed by atoms with Crippen molar-refractivity contribution in [1.29, 1.82) is 0 Å². The van der Waals surface area contributed by atoms with E-state index < -0.39 is 5.41 Å². The van der Waals surface area contributed by atoms with E-state index in [1.54, 1.807) is 0 Å². The maximum Gasteiger partial charge on any atom is 0.263 e. The molecule has 0 unspecified atom stereocenters. The van der Waals surface area contributed by atoms with E-state index in [1.165, 1.54) is 70.1 Å². The van der Waals surface area contributed by atoms with Gasteiger partial charge < -0.3 is 0 Å². The van der Waals surface area contributed by atoms with Crippen LogP contribution in [0.1, 0.15) is 22.3 Å². The zero-order valence-electron chi connectivity index (χ0n) is 25.0. The first-order valence-electron chi connectivity index (χ1n) is 16.2. The molecule has 0 amide bonds. The van der Waals surface area contributed by atoms with Crippen LogP contribution in [0.25, 0.3) is 80.4 Å². The molecule has 1 spiro atoms. The first-order chi connectivity index (χ1) is 23.3. The van der Waals surface area contributed by atoms with E-state index in [0.29, 0.717) is 0 Å². The van der Waals surface area contributed by atoms with Crippen molar-refractivity contribution in [2.45, 2.75) is 5.41 Å². The molecule has 7 aromatic carbocycles. The fraction of sp³-hybridized carbons (Fsp3) is 0.0227. The monoisotopic (exact) mass is 613 g/mol. The van der Waals surface area contributed by atoms with E-state index in [2.05, 4.69) is 132 Å². The third kappa shape index (κ3) is 2.61. The predicted octanol–water partition coefficient (Wildman–Crippen LogP) is 10.9. The highest BCUT2D eigenvalue weighted by molar-refractivity contribution is 7.26. The van der Waals surface area contributed by atoms with Crippen LogP contribution in [0, 0.1) is 0 Å². The molecule has 2 aliphatic rings. The Hall–Kier alpha value is -5.77. The van der Waals surface area contributed by atoms with Gasteiger partial charge in [-0.15, -0.1) is 11.3 Å². The number of aromatic nitrogens is 1. The highest BCUT2D eigenvalue weighted by Crippen LogP contribution is 2.64. The molecule has 0 saturated heterocycles. The molecule has 10 aromatic rings. The molecule has 0 bridgehead atoms. The summed E-state index contributed by atoms with van der Waals surface area (Å²) in [5, 5.41) is 7.77. The van der Waals surface area contributed by atoms with Crippen LogP contribution in [0.2, 0.25) is 0 Å².